The summed E-state index contributed by atoms with van der Waals surface area (Å²) in [5, 5.41) is 1.68. The van der Waals surface area contributed by atoms with Gasteiger partial charge in [-0.25, -0.2) is 5.84 Å². The summed E-state index contributed by atoms with van der Waals surface area (Å²) in [6.45, 7) is 0. The highest BCUT2D eigenvalue weighted by Gasteiger charge is 2.06. The zero-order valence-corrected chi connectivity index (χ0v) is 14.2. The Morgan fingerprint density at radius 3 is 1.73 bits per heavy atom. The monoisotopic (exact) mass is 338 g/mol. The minimum Gasteiger partial charge on any atom is -0.280 e. The number of hydrogen-bond acceptors (Lipinski definition) is 4. The normalized spacial score (nSPS) is 10.5. The lowest BCUT2D eigenvalue weighted by Crippen LogP contribution is -2.24. The van der Waals surface area contributed by atoms with Crippen LogP contribution in [0.1, 0.15) is 0 Å². The number of nitrogens with zero attached hydrogens (tertiary/aromatic N) is 3. The Bertz CT molecular complexity index is 883. The second-order valence-electron chi connectivity index (χ2n) is 5.91. The van der Waals surface area contributed by atoms with Crippen molar-refractivity contribution in [2.45, 2.75) is 0 Å². The van der Waals surface area contributed by atoms with Gasteiger partial charge >= 0.3 is 0 Å². The summed E-state index contributed by atoms with van der Waals surface area (Å²) in [7, 11) is 0. The highest BCUT2D eigenvalue weighted by Crippen LogP contribution is 2.27. The molecule has 0 fully saturated rings. The molecule has 26 heavy (non-hydrogen) atoms. The standard InChI is InChI=1S/C22H18N4/c23-26(20-8-4-17(5-9-20)18-12-15-24-16-13-18)21-10-6-19(7-11-21)22-3-1-2-14-25-22/h1-16H,23H2. The van der Waals surface area contributed by atoms with Crippen LogP contribution in [0.25, 0.3) is 22.4 Å². The Kier molecular flexibility index (Phi) is 4.41. The number of benzene rings is 2. The van der Waals surface area contributed by atoms with E-state index >= 15 is 0 Å². The number of nitrogens with two attached hydrogens (primary N) is 1. The van der Waals surface area contributed by atoms with E-state index in [1.807, 2.05) is 66.7 Å². The molecule has 0 aliphatic carbocycles. The average molecular weight is 338 g/mol. The van der Waals surface area contributed by atoms with E-state index < -0.39 is 0 Å². The number of aromatic nitrogens is 2. The fourth-order valence-electron chi connectivity index (χ4n) is 2.83. The van der Waals surface area contributed by atoms with Crippen LogP contribution in [0.3, 0.4) is 0 Å². The molecule has 0 atom stereocenters. The molecule has 2 N–H and O–H groups in total. The van der Waals surface area contributed by atoms with Crippen LogP contribution in [0.5, 0.6) is 0 Å². The molecule has 0 aliphatic rings. The highest BCUT2D eigenvalue weighted by atomic mass is 15.4. The number of pyridine rings is 2. The second kappa shape index (κ2) is 7.17. The molecule has 0 unspecified atom stereocenters. The minimum atomic E-state index is 0.918. The van der Waals surface area contributed by atoms with Crippen molar-refractivity contribution in [3.63, 3.8) is 0 Å². The number of hydrogen-bond donors (Lipinski definition) is 1. The summed E-state index contributed by atoms with van der Waals surface area (Å²) in [5.41, 5.74) is 6.12. The molecule has 2 heterocycles. The number of anilines is 2. The molecule has 0 bridgehead atoms. The molecule has 0 spiro atoms. The van der Waals surface area contributed by atoms with Crippen LogP contribution in [0.4, 0.5) is 11.4 Å². The maximum atomic E-state index is 6.30. The van der Waals surface area contributed by atoms with Crippen molar-refractivity contribution < 1.29 is 0 Å². The molecule has 0 saturated carbocycles. The van der Waals surface area contributed by atoms with Gasteiger partial charge in [0.2, 0.25) is 0 Å². The largest absolute Gasteiger partial charge is 0.280 e. The van der Waals surface area contributed by atoms with Crippen LogP contribution < -0.4 is 10.9 Å². The predicted octanol–water partition coefficient (Wildman–Crippen LogP) is 4.82. The van der Waals surface area contributed by atoms with Gasteiger partial charge in [0, 0.05) is 24.2 Å². The summed E-state index contributed by atoms with van der Waals surface area (Å²) in [6, 6.07) is 26.1. The Hall–Kier alpha value is -3.50. The van der Waals surface area contributed by atoms with Crippen LogP contribution in [-0.2, 0) is 0 Å². The summed E-state index contributed by atoms with van der Waals surface area (Å²) >= 11 is 0. The minimum absolute atomic E-state index is 0.918. The third-order valence-electron chi connectivity index (χ3n) is 4.27. The van der Waals surface area contributed by atoms with Crippen LogP contribution in [0.15, 0.2) is 97.5 Å². The molecular formula is C22H18N4. The van der Waals surface area contributed by atoms with E-state index in [4.69, 9.17) is 5.84 Å². The van der Waals surface area contributed by atoms with E-state index in [1.54, 1.807) is 23.6 Å². The van der Waals surface area contributed by atoms with E-state index in [2.05, 4.69) is 22.1 Å². The molecule has 0 saturated heterocycles. The van der Waals surface area contributed by atoms with Gasteiger partial charge in [-0.2, -0.15) is 0 Å². The van der Waals surface area contributed by atoms with Crippen LogP contribution in [0.2, 0.25) is 0 Å². The summed E-state index contributed by atoms with van der Waals surface area (Å²) in [4.78, 5) is 8.42. The van der Waals surface area contributed by atoms with Gasteiger partial charge in [-0.05, 0) is 59.7 Å². The van der Waals surface area contributed by atoms with Crippen molar-refractivity contribution in [3.05, 3.63) is 97.5 Å². The van der Waals surface area contributed by atoms with Gasteiger partial charge in [-0.1, -0.05) is 30.3 Å². The zero-order chi connectivity index (χ0) is 17.8. The van der Waals surface area contributed by atoms with Crippen molar-refractivity contribution in [2.24, 2.45) is 5.84 Å². The predicted molar refractivity (Wildman–Crippen MR) is 106 cm³/mol. The smallest absolute Gasteiger partial charge is 0.0701 e. The maximum absolute atomic E-state index is 6.30. The van der Waals surface area contributed by atoms with E-state index in [9.17, 15) is 0 Å². The van der Waals surface area contributed by atoms with Gasteiger partial charge in [0.05, 0.1) is 17.1 Å². The van der Waals surface area contributed by atoms with Gasteiger partial charge < -0.3 is 0 Å². The van der Waals surface area contributed by atoms with Gasteiger partial charge in [-0.3, -0.25) is 15.0 Å². The fraction of sp³-hybridized carbons (Fsp3) is 0. The van der Waals surface area contributed by atoms with Crippen molar-refractivity contribution in [3.8, 4) is 22.4 Å². The molecule has 4 rings (SSSR count). The summed E-state index contributed by atoms with van der Waals surface area (Å²) < 4.78 is 0. The van der Waals surface area contributed by atoms with Gasteiger partial charge in [0.1, 0.15) is 0 Å². The van der Waals surface area contributed by atoms with Crippen molar-refractivity contribution in [1.82, 2.24) is 9.97 Å². The first-order chi connectivity index (χ1) is 12.8. The Morgan fingerprint density at radius 1 is 0.577 bits per heavy atom. The lowest BCUT2D eigenvalue weighted by Gasteiger charge is -2.19. The van der Waals surface area contributed by atoms with Crippen LogP contribution in [0, 0.1) is 0 Å². The maximum Gasteiger partial charge on any atom is 0.0701 e. The average Bonchev–Trinajstić information content (AvgIpc) is 2.75. The molecule has 0 radical (unpaired) electrons. The van der Waals surface area contributed by atoms with Gasteiger partial charge in [-0.15, -0.1) is 0 Å². The summed E-state index contributed by atoms with van der Waals surface area (Å²) in [5.74, 6) is 6.30. The van der Waals surface area contributed by atoms with E-state index in [0.29, 0.717) is 0 Å². The molecular weight excluding hydrogens is 320 g/mol. The third kappa shape index (κ3) is 3.31. The Balaban J connectivity index is 1.55. The first-order valence-corrected chi connectivity index (χ1v) is 8.38. The zero-order valence-electron chi connectivity index (χ0n) is 14.2. The lowest BCUT2D eigenvalue weighted by molar-refractivity contribution is 1.09. The molecule has 0 aliphatic heterocycles. The first-order valence-electron chi connectivity index (χ1n) is 8.38. The molecule has 2 aromatic carbocycles. The van der Waals surface area contributed by atoms with Crippen LogP contribution >= 0.6 is 0 Å². The SMILES string of the molecule is NN(c1ccc(-c2ccncc2)cc1)c1ccc(-c2ccccn2)cc1. The van der Waals surface area contributed by atoms with E-state index in [1.165, 1.54) is 0 Å². The fourth-order valence-corrected chi connectivity index (χ4v) is 2.83. The summed E-state index contributed by atoms with van der Waals surface area (Å²) in [6.07, 6.45) is 5.38. The number of rotatable bonds is 4. The van der Waals surface area contributed by atoms with E-state index in [-0.39, 0.29) is 0 Å². The highest BCUT2D eigenvalue weighted by molar-refractivity contribution is 5.70. The first kappa shape index (κ1) is 16.0. The Labute approximate surface area is 152 Å². The molecule has 0 amide bonds. The lowest BCUT2D eigenvalue weighted by atomic mass is 10.1. The third-order valence-corrected chi connectivity index (χ3v) is 4.27. The van der Waals surface area contributed by atoms with E-state index in [0.717, 1.165) is 33.8 Å². The van der Waals surface area contributed by atoms with Gasteiger partial charge in [0.15, 0.2) is 0 Å². The van der Waals surface area contributed by atoms with Gasteiger partial charge in [0.25, 0.3) is 0 Å². The molecule has 4 nitrogen and oxygen atoms in total. The quantitative estimate of drug-likeness (QED) is 0.428. The second-order valence-corrected chi connectivity index (χ2v) is 5.91. The molecule has 2 aromatic heterocycles. The molecule has 4 aromatic rings. The Morgan fingerprint density at radius 2 is 1.15 bits per heavy atom. The van der Waals surface area contributed by atoms with Crippen molar-refractivity contribution >= 4 is 11.4 Å². The van der Waals surface area contributed by atoms with Crippen LogP contribution in [-0.4, -0.2) is 9.97 Å². The number of hydrazine groups is 1. The van der Waals surface area contributed by atoms with Crippen molar-refractivity contribution in [2.75, 3.05) is 5.01 Å². The topological polar surface area (TPSA) is 55.0 Å². The molecule has 4 heteroatoms. The van der Waals surface area contributed by atoms with Crippen molar-refractivity contribution in [1.29, 1.82) is 0 Å². The molecule has 126 valence electrons.